The van der Waals surface area contributed by atoms with Crippen molar-refractivity contribution in [2.24, 2.45) is 0 Å². The topological polar surface area (TPSA) is 81.5 Å². The lowest BCUT2D eigenvalue weighted by atomic mass is 10.1. The number of esters is 1. The second-order valence-electron chi connectivity index (χ2n) is 4.63. The molecule has 0 aliphatic heterocycles. The number of hydrogen-bond acceptors (Lipinski definition) is 5. The Bertz CT molecular complexity index is 474. The largest absolute Gasteiger partial charge is 0.469 e. The molecule has 0 fully saturated rings. The van der Waals surface area contributed by atoms with Gasteiger partial charge in [-0.15, -0.1) is 0 Å². The first-order valence-corrected chi connectivity index (χ1v) is 6.59. The molecular weight excluding hydrogens is 260 g/mol. The first-order chi connectivity index (χ1) is 9.52. The standard InChI is InChI=1S/C14H20N2O4/c1-11-8-12(10-13(9-11)16(18)19)15-7-5-3-4-6-14(17)20-2/h8-10,15H,3-7H2,1-2H3. The van der Waals surface area contributed by atoms with Gasteiger partial charge in [-0.1, -0.05) is 6.42 Å². The Balaban J connectivity index is 2.32. The lowest BCUT2D eigenvalue weighted by molar-refractivity contribution is -0.384. The number of unbranched alkanes of at least 4 members (excludes halogenated alkanes) is 2. The van der Waals surface area contributed by atoms with Gasteiger partial charge >= 0.3 is 5.97 Å². The molecule has 0 aromatic heterocycles. The Morgan fingerprint density at radius 2 is 2.05 bits per heavy atom. The number of anilines is 1. The van der Waals surface area contributed by atoms with Crippen molar-refractivity contribution in [3.05, 3.63) is 33.9 Å². The molecule has 6 heteroatoms. The fraction of sp³-hybridized carbons (Fsp3) is 0.500. The molecule has 1 N–H and O–H groups in total. The number of non-ortho nitro benzene ring substituents is 1. The third kappa shape index (κ3) is 5.69. The second-order valence-corrected chi connectivity index (χ2v) is 4.63. The van der Waals surface area contributed by atoms with E-state index in [4.69, 9.17) is 0 Å². The average molecular weight is 280 g/mol. The SMILES string of the molecule is COC(=O)CCCCCNc1cc(C)cc([N+](=O)[O-])c1. The Morgan fingerprint density at radius 1 is 1.30 bits per heavy atom. The normalized spacial score (nSPS) is 10.1. The Kier molecular flexibility index (Phi) is 6.49. The highest BCUT2D eigenvalue weighted by molar-refractivity contribution is 5.68. The zero-order valence-corrected chi connectivity index (χ0v) is 11.8. The molecule has 6 nitrogen and oxygen atoms in total. The van der Waals surface area contributed by atoms with Crippen molar-refractivity contribution in [1.29, 1.82) is 0 Å². The second kappa shape index (κ2) is 8.14. The summed E-state index contributed by atoms with van der Waals surface area (Å²) in [6.45, 7) is 2.55. The summed E-state index contributed by atoms with van der Waals surface area (Å²) < 4.78 is 4.56. The number of aryl methyl sites for hydroxylation is 1. The lowest BCUT2D eigenvalue weighted by Crippen LogP contribution is -2.04. The van der Waals surface area contributed by atoms with Crippen LogP contribution in [0.4, 0.5) is 11.4 Å². The first kappa shape index (κ1) is 15.9. The maximum absolute atomic E-state index is 10.9. The molecule has 0 saturated heterocycles. The lowest BCUT2D eigenvalue weighted by Gasteiger charge is -2.07. The van der Waals surface area contributed by atoms with Crippen LogP contribution in [0.1, 0.15) is 31.2 Å². The number of carbonyl (C=O) groups is 1. The van der Waals surface area contributed by atoms with Crippen molar-refractivity contribution in [3.63, 3.8) is 0 Å². The highest BCUT2D eigenvalue weighted by Gasteiger charge is 2.07. The quantitative estimate of drug-likeness (QED) is 0.342. The van der Waals surface area contributed by atoms with Gasteiger partial charge in [-0.05, 0) is 31.4 Å². The van der Waals surface area contributed by atoms with Gasteiger partial charge in [-0.2, -0.15) is 0 Å². The number of nitro benzene ring substituents is 1. The van der Waals surface area contributed by atoms with Gasteiger partial charge in [0.15, 0.2) is 0 Å². The van der Waals surface area contributed by atoms with E-state index in [1.807, 2.05) is 13.0 Å². The number of nitrogens with zero attached hydrogens (tertiary/aromatic N) is 1. The zero-order chi connectivity index (χ0) is 15.0. The van der Waals surface area contributed by atoms with Gasteiger partial charge in [0, 0.05) is 30.8 Å². The summed E-state index contributed by atoms with van der Waals surface area (Å²) in [7, 11) is 1.38. The van der Waals surface area contributed by atoms with Crippen LogP contribution in [0.3, 0.4) is 0 Å². The fourth-order valence-corrected chi connectivity index (χ4v) is 1.88. The molecule has 1 aromatic rings. The Hall–Kier alpha value is -2.11. The summed E-state index contributed by atoms with van der Waals surface area (Å²) in [5, 5.41) is 13.9. The highest BCUT2D eigenvalue weighted by atomic mass is 16.6. The van der Waals surface area contributed by atoms with Crippen LogP contribution in [-0.2, 0) is 9.53 Å². The van der Waals surface area contributed by atoms with E-state index in [0.29, 0.717) is 6.42 Å². The van der Waals surface area contributed by atoms with E-state index in [2.05, 4.69) is 10.1 Å². The van der Waals surface area contributed by atoms with Gasteiger partial charge in [0.1, 0.15) is 0 Å². The van der Waals surface area contributed by atoms with Crippen LogP contribution in [0.25, 0.3) is 0 Å². The Labute approximate surface area is 118 Å². The fourth-order valence-electron chi connectivity index (χ4n) is 1.88. The van der Waals surface area contributed by atoms with E-state index in [1.54, 1.807) is 6.07 Å². The van der Waals surface area contributed by atoms with Crippen LogP contribution in [0.2, 0.25) is 0 Å². The molecule has 0 heterocycles. The highest BCUT2D eigenvalue weighted by Crippen LogP contribution is 2.20. The van der Waals surface area contributed by atoms with E-state index in [-0.39, 0.29) is 11.7 Å². The van der Waals surface area contributed by atoms with Crippen LogP contribution in [0, 0.1) is 17.0 Å². The van der Waals surface area contributed by atoms with Crippen molar-refractivity contribution in [1.82, 2.24) is 0 Å². The number of rotatable bonds is 8. The smallest absolute Gasteiger partial charge is 0.305 e. The maximum atomic E-state index is 10.9. The van der Waals surface area contributed by atoms with Gasteiger partial charge in [0.05, 0.1) is 12.0 Å². The minimum absolute atomic E-state index is 0.0955. The number of benzene rings is 1. The molecule has 0 spiro atoms. The molecule has 0 bridgehead atoms. The van der Waals surface area contributed by atoms with Crippen LogP contribution >= 0.6 is 0 Å². The molecule has 110 valence electrons. The molecule has 0 amide bonds. The summed E-state index contributed by atoms with van der Waals surface area (Å²) >= 11 is 0. The summed E-state index contributed by atoms with van der Waals surface area (Å²) in [4.78, 5) is 21.3. The molecule has 1 rings (SSSR count). The third-order valence-corrected chi connectivity index (χ3v) is 2.89. The summed E-state index contributed by atoms with van der Waals surface area (Å²) in [5.74, 6) is -0.188. The average Bonchev–Trinajstić information content (AvgIpc) is 2.41. The van der Waals surface area contributed by atoms with E-state index in [1.165, 1.54) is 13.2 Å². The van der Waals surface area contributed by atoms with Gasteiger partial charge in [-0.3, -0.25) is 14.9 Å². The predicted molar refractivity (Wildman–Crippen MR) is 76.8 cm³/mol. The summed E-state index contributed by atoms with van der Waals surface area (Å²) in [5.41, 5.74) is 1.70. The molecule has 0 unspecified atom stereocenters. The van der Waals surface area contributed by atoms with Crippen LogP contribution in [0.5, 0.6) is 0 Å². The van der Waals surface area contributed by atoms with Crippen molar-refractivity contribution in [2.75, 3.05) is 19.0 Å². The zero-order valence-electron chi connectivity index (χ0n) is 11.8. The van der Waals surface area contributed by atoms with E-state index in [9.17, 15) is 14.9 Å². The monoisotopic (exact) mass is 280 g/mol. The molecule has 0 aliphatic carbocycles. The van der Waals surface area contributed by atoms with E-state index in [0.717, 1.165) is 37.1 Å². The van der Waals surface area contributed by atoms with Crippen LogP contribution in [-0.4, -0.2) is 24.5 Å². The van der Waals surface area contributed by atoms with E-state index < -0.39 is 4.92 Å². The molecule has 0 radical (unpaired) electrons. The van der Waals surface area contributed by atoms with E-state index >= 15 is 0 Å². The van der Waals surface area contributed by atoms with Crippen molar-refractivity contribution in [3.8, 4) is 0 Å². The van der Waals surface area contributed by atoms with Gasteiger partial charge in [-0.25, -0.2) is 0 Å². The number of ether oxygens (including phenoxy) is 1. The van der Waals surface area contributed by atoms with Crippen molar-refractivity contribution < 1.29 is 14.5 Å². The minimum Gasteiger partial charge on any atom is -0.469 e. The number of carbonyl (C=O) groups excluding carboxylic acids is 1. The molecule has 1 aromatic carbocycles. The van der Waals surface area contributed by atoms with Gasteiger partial charge in [0.2, 0.25) is 0 Å². The molecule has 0 saturated carbocycles. The molecule has 0 atom stereocenters. The third-order valence-electron chi connectivity index (χ3n) is 2.89. The van der Waals surface area contributed by atoms with Crippen LogP contribution in [0.15, 0.2) is 18.2 Å². The molecule has 0 aliphatic rings. The minimum atomic E-state index is -0.394. The predicted octanol–water partition coefficient (Wildman–Crippen LogP) is 3.05. The van der Waals surface area contributed by atoms with Gasteiger partial charge < -0.3 is 10.1 Å². The van der Waals surface area contributed by atoms with Crippen LogP contribution < -0.4 is 5.32 Å². The summed E-state index contributed by atoms with van der Waals surface area (Å²) in [6, 6.07) is 4.95. The number of methoxy groups -OCH3 is 1. The Morgan fingerprint density at radius 3 is 2.70 bits per heavy atom. The number of nitro groups is 1. The number of nitrogens with one attached hydrogen (secondary N) is 1. The maximum Gasteiger partial charge on any atom is 0.305 e. The number of hydrogen-bond donors (Lipinski definition) is 1. The molecular formula is C14H20N2O4. The van der Waals surface area contributed by atoms with Gasteiger partial charge in [0.25, 0.3) is 5.69 Å². The van der Waals surface area contributed by atoms with Crippen molar-refractivity contribution >= 4 is 17.3 Å². The first-order valence-electron chi connectivity index (χ1n) is 6.59. The summed E-state index contributed by atoms with van der Waals surface area (Å²) in [6.07, 6.45) is 3.05. The molecule has 20 heavy (non-hydrogen) atoms. The van der Waals surface area contributed by atoms with Crippen molar-refractivity contribution in [2.45, 2.75) is 32.6 Å².